The van der Waals surface area contributed by atoms with Gasteiger partial charge in [-0.3, -0.25) is 29.4 Å². The molecular formula is C55H61F2N9O6. The molecule has 17 heteroatoms. The number of benzene rings is 3. The number of hydrogen-bond donors (Lipinski definition) is 2. The van der Waals surface area contributed by atoms with Gasteiger partial charge in [0.05, 0.1) is 34.7 Å². The van der Waals surface area contributed by atoms with Gasteiger partial charge < -0.3 is 29.3 Å². The second-order valence-electron chi connectivity index (χ2n) is 21.3. The minimum atomic E-state index is -0.716. The summed E-state index contributed by atoms with van der Waals surface area (Å²) in [7, 11) is 1.92. The molecule has 1 aliphatic carbocycles. The molecule has 5 aliphatic heterocycles. The maximum atomic E-state index is 17.1. The fourth-order valence-corrected chi connectivity index (χ4v) is 12.9. The third-order valence-electron chi connectivity index (χ3n) is 17.1. The first kappa shape index (κ1) is 46.7. The maximum Gasteiger partial charge on any atom is 0.319 e. The summed E-state index contributed by atoms with van der Waals surface area (Å²) in [4.78, 5) is 59.4. The van der Waals surface area contributed by atoms with Crippen molar-refractivity contribution >= 4 is 56.1 Å². The summed E-state index contributed by atoms with van der Waals surface area (Å²) in [5.74, 6) is -0.996. The molecule has 6 aromatic rings. The van der Waals surface area contributed by atoms with Crippen molar-refractivity contribution in [3.8, 4) is 23.0 Å². The number of likely N-dealkylation sites (tertiary alicyclic amines) is 2. The van der Waals surface area contributed by atoms with E-state index in [2.05, 4.69) is 38.3 Å². The van der Waals surface area contributed by atoms with Crippen molar-refractivity contribution < 1.29 is 37.7 Å². The van der Waals surface area contributed by atoms with Gasteiger partial charge in [0, 0.05) is 88.0 Å². The van der Waals surface area contributed by atoms with Gasteiger partial charge >= 0.3 is 6.01 Å². The molecule has 3 aromatic heterocycles. The van der Waals surface area contributed by atoms with Crippen LogP contribution in [0.1, 0.15) is 112 Å². The summed E-state index contributed by atoms with van der Waals surface area (Å²) in [5, 5.41) is 20.3. The van der Waals surface area contributed by atoms with Crippen LogP contribution in [0.25, 0.3) is 43.8 Å². The van der Waals surface area contributed by atoms with E-state index in [9.17, 15) is 23.9 Å². The van der Waals surface area contributed by atoms with Crippen molar-refractivity contribution in [2.24, 2.45) is 13.0 Å². The van der Waals surface area contributed by atoms with E-state index in [4.69, 9.17) is 24.5 Å². The number of pyridine rings is 1. The number of imide groups is 1. The van der Waals surface area contributed by atoms with Crippen LogP contribution in [0.2, 0.25) is 0 Å². The zero-order valence-electron chi connectivity index (χ0n) is 41.0. The Kier molecular flexibility index (Phi) is 12.1. The number of rotatable bonds is 8. The number of halogens is 2. The topological polar surface area (TPSA) is 168 Å². The normalized spacial score (nSPS) is 24.9. The Morgan fingerprint density at radius 3 is 2.44 bits per heavy atom. The first-order valence-corrected chi connectivity index (χ1v) is 26.1. The Bertz CT molecular complexity index is 3140. The van der Waals surface area contributed by atoms with Crippen LogP contribution in [-0.2, 0) is 26.2 Å². The van der Waals surface area contributed by atoms with Crippen LogP contribution in [0, 0.1) is 24.5 Å². The predicted molar refractivity (Wildman–Crippen MR) is 267 cm³/mol. The lowest BCUT2D eigenvalue weighted by Crippen LogP contribution is -2.56. The maximum absolute atomic E-state index is 17.1. The molecule has 5 saturated heterocycles. The van der Waals surface area contributed by atoms with Crippen molar-refractivity contribution in [1.29, 1.82) is 0 Å². The fraction of sp³-hybridized carbons (Fsp3) is 0.509. The van der Waals surface area contributed by atoms with Crippen LogP contribution in [0.5, 0.6) is 11.8 Å². The zero-order valence-corrected chi connectivity index (χ0v) is 41.0. The number of aromatic hydroxyl groups is 1. The van der Waals surface area contributed by atoms with Gasteiger partial charge in [0.2, 0.25) is 17.7 Å². The molecule has 3 amide bonds. The molecule has 8 heterocycles. The number of amides is 3. The Labute approximate surface area is 416 Å². The largest absolute Gasteiger partial charge is 0.508 e. The van der Waals surface area contributed by atoms with Crippen molar-refractivity contribution in [2.45, 2.75) is 120 Å². The Morgan fingerprint density at radius 2 is 1.69 bits per heavy atom. The van der Waals surface area contributed by atoms with Gasteiger partial charge in [-0.25, -0.2) is 8.78 Å². The smallest absolute Gasteiger partial charge is 0.319 e. The molecule has 2 N–H and O–H groups in total. The lowest BCUT2D eigenvalue weighted by molar-refractivity contribution is -0.151. The van der Waals surface area contributed by atoms with E-state index >= 15 is 4.39 Å². The van der Waals surface area contributed by atoms with Crippen molar-refractivity contribution in [2.75, 3.05) is 50.8 Å². The molecule has 3 aromatic carbocycles. The molecule has 2 unspecified atom stereocenters. The average Bonchev–Trinajstić information content (AvgIpc) is 3.71. The first-order chi connectivity index (χ1) is 34.9. The number of fused-ring (bicyclic) bond motifs is 3. The molecule has 376 valence electrons. The fourth-order valence-electron chi connectivity index (χ4n) is 12.9. The summed E-state index contributed by atoms with van der Waals surface area (Å²) in [6.07, 6.45) is 11.9. The summed E-state index contributed by atoms with van der Waals surface area (Å²) in [6, 6.07) is 12.9. The standard InChI is InChI=1S/C55H61F2N9O6/c1-31-43(56)12-7-35-26-37(67)28-41(46(31)35)49-47(57)50-42(29-58-49)51(66-20-3-18-55(30-66)19-25-71-55)61-54(60-50)72-38-16-23-65(24-17-38)53(70)33-4-8-36(9-5-33)64-21-14-32(15-22-64)34-6-10-39-44(27-34)63(2)62-48(39)40-11-13-45(68)59-52(40)69/h6-7,10,12,26-29,32-33,36,38,40,67H,3-5,8-9,11,13-25,30H2,1-2H3,(H,59,68,69). The molecular weight excluding hydrogens is 921 g/mol. The molecule has 2 atom stereocenters. The monoisotopic (exact) mass is 981 g/mol. The summed E-state index contributed by atoms with van der Waals surface area (Å²) >= 11 is 0. The van der Waals surface area contributed by atoms with Crippen LogP contribution >= 0.6 is 0 Å². The SMILES string of the molecule is Cc1c(F)ccc2cc(O)cc(-c3ncc4c(N5CCCC6(CCO6)C5)nc(OC5CCN(C(=O)C6CCC(N7CCC(c8ccc9c(C%10CCC(=O)NC%10=O)nn(C)c9c8)CC7)CC6)CC5)nc4c3F)c12. The highest BCUT2D eigenvalue weighted by molar-refractivity contribution is 6.03. The van der Waals surface area contributed by atoms with Gasteiger partial charge in [-0.15, -0.1) is 0 Å². The van der Waals surface area contributed by atoms with Gasteiger partial charge in [0.25, 0.3) is 0 Å². The summed E-state index contributed by atoms with van der Waals surface area (Å²) in [6.45, 7) is 6.76. The molecule has 6 fully saturated rings. The summed E-state index contributed by atoms with van der Waals surface area (Å²) < 4.78 is 46.6. The van der Waals surface area contributed by atoms with E-state index in [0.29, 0.717) is 98.0 Å². The van der Waals surface area contributed by atoms with Gasteiger partial charge in [-0.05, 0) is 130 Å². The highest BCUT2D eigenvalue weighted by atomic mass is 19.1. The number of nitrogens with one attached hydrogen (secondary N) is 1. The molecule has 0 radical (unpaired) electrons. The lowest BCUT2D eigenvalue weighted by Gasteiger charge is -2.48. The van der Waals surface area contributed by atoms with Crippen molar-refractivity contribution in [1.82, 2.24) is 39.8 Å². The Balaban J connectivity index is 0.685. The quantitative estimate of drug-likeness (QED) is 0.141. The van der Waals surface area contributed by atoms with E-state index in [-0.39, 0.29) is 63.9 Å². The molecule has 15 nitrogen and oxygen atoms in total. The van der Waals surface area contributed by atoms with E-state index in [0.717, 1.165) is 87.5 Å². The average molecular weight is 982 g/mol. The van der Waals surface area contributed by atoms with E-state index < -0.39 is 17.6 Å². The minimum Gasteiger partial charge on any atom is -0.508 e. The second-order valence-corrected chi connectivity index (χ2v) is 21.3. The van der Waals surface area contributed by atoms with Crippen molar-refractivity contribution in [3.05, 3.63) is 77.1 Å². The lowest BCUT2D eigenvalue weighted by atomic mass is 9.82. The third kappa shape index (κ3) is 8.49. The van der Waals surface area contributed by atoms with Crippen LogP contribution in [0.3, 0.4) is 0 Å². The second kappa shape index (κ2) is 18.6. The number of piperidine rings is 4. The van der Waals surface area contributed by atoms with Gasteiger partial charge in [-0.2, -0.15) is 15.1 Å². The van der Waals surface area contributed by atoms with Gasteiger partial charge in [0.15, 0.2) is 5.82 Å². The molecule has 12 rings (SSSR count). The van der Waals surface area contributed by atoms with Gasteiger partial charge in [-0.1, -0.05) is 18.2 Å². The van der Waals surface area contributed by atoms with Crippen LogP contribution in [0.15, 0.2) is 48.7 Å². The number of anilines is 1. The Morgan fingerprint density at radius 1 is 0.903 bits per heavy atom. The molecule has 1 saturated carbocycles. The zero-order chi connectivity index (χ0) is 49.4. The number of carbonyl (C=O) groups is 3. The van der Waals surface area contributed by atoms with Crippen molar-refractivity contribution in [3.63, 3.8) is 0 Å². The highest BCUT2D eigenvalue weighted by Gasteiger charge is 2.43. The number of hydrogen-bond acceptors (Lipinski definition) is 12. The van der Waals surface area contributed by atoms with Crippen LogP contribution in [0.4, 0.5) is 14.6 Å². The molecule has 1 spiro atoms. The Hall–Kier alpha value is -6.33. The number of nitrogens with zero attached hydrogens (tertiary/aromatic N) is 8. The van der Waals surface area contributed by atoms with E-state index in [1.165, 1.54) is 23.8 Å². The number of aromatic nitrogens is 5. The minimum absolute atomic E-state index is 0.000477. The number of phenolic OH excluding ortho intramolecular Hbond substituents is 1. The van der Waals surface area contributed by atoms with Gasteiger partial charge in [0.1, 0.15) is 34.7 Å². The molecule has 0 bridgehead atoms. The predicted octanol–water partition coefficient (Wildman–Crippen LogP) is 8.11. The summed E-state index contributed by atoms with van der Waals surface area (Å²) in [5.41, 5.74) is 3.32. The number of aryl methyl sites for hydroxylation is 2. The number of ether oxygens (including phenoxy) is 2. The van der Waals surface area contributed by atoms with E-state index in [1.807, 2.05) is 16.6 Å². The number of phenols is 1. The first-order valence-electron chi connectivity index (χ1n) is 26.1. The third-order valence-corrected chi connectivity index (χ3v) is 17.1. The number of carbonyl (C=O) groups excluding carboxylic acids is 3. The van der Waals surface area contributed by atoms with Crippen LogP contribution in [-0.4, -0.2) is 121 Å². The van der Waals surface area contributed by atoms with Crippen LogP contribution < -0.4 is 15.0 Å². The molecule has 6 aliphatic rings. The van der Waals surface area contributed by atoms with E-state index in [1.54, 1.807) is 19.2 Å². The molecule has 72 heavy (non-hydrogen) atoms. The highest BCUT2D eigenvalue weighted by Crippen LogP contribution is 2.43.